The van der Waals surface area contributed by atoms with Gasteiger partial charge in [-0.2, -0.15) is 0 Å². The molecule has 5 heteroatoms. The number of allylic oxidation sites excluding steroid dienone is 1. The summed E-state index contributed by atoms with van der Waals surface area (Å²) in [5.41, 5.74) is 0.183. The summed E-state index contributed by atoms with van der Waals surface area (Å²) in [6.07, 6.45) is 0.584. The van der Waals surface area contributed by atoms with Crippen molar-refractivity contribution in [3.05, 3.63) is 18.4 Å². The van der Waals surface area contributed by atoms with E-state index in [1.165, 1.54) is 6.08 Å². The lowest BCUT2D eigenvalue weighted by molar-refractivity contribution is -0.165. The lowest BCUT2D eigenvalue weighted by Crippen LogP contribution is -2.39. The Kier molecular flexibility index (Phi) is 4.32. The molecule has 0 aromatic carbocycles. The summed E-state index contributed by atoms with van der Waals surface area (Å²) >= 11 is 0. The van der Waals surface area contributed by atoms with Crippen LogP contribution < -0.4 is 0 Å². The highest BCUT2D eigenvalue weighted by Gasteiger charge is 2.45. The summed E-state index contributed by atoms with van der Waals surface area (Å²) in [6.45, 7) is 3.19. The van der Waals surface area contributed by atoms with Crippen molar-refractivity contribution in [1.82, 2.24) is 0 Å². The Hall–Kier alpha value is -1.87. The van der Waals surface area contributed by atoms with Crippen molar-refractivity contribution in [2.75, 3.05) is 0 Å². The van der Waals surface area contributed by atoms with E-state index in [9.17, 15) is 14.4 Å². The largest absolute Gasteiger partial charge is 0.480 e. The monoisotopic (exact) mass is 198 g/mol. The van der Waals surface area contributed by atoms with Crippen LogP contribution >= 0.6 is 0 Å². The molecule has 0 aromatic heterocycles. The highest BCUT2D eigenvalue weighted by Crippen LogP contribution is 2.27. The van der Waals surface area contributed by atoms with E-state index < -0.39 is 23.8 Å². The average molecular weight is 198 g/mol. The molecule has 0 heterocycles. The van der Waals surface area contributed by atoms with Crippen molar-refractivity contribution in [3.8, 4) is 0 Å². The number of carboxylic acid groups (broad SMARTS) is 2. The second-order valence-electron chi connectivity index (χ2n) is 2.68. The highest BCUT2D eigenvalue weighted by molar-refractivity contribution is 6.00. The molecule has 5 nitrogen and oxygen atoms in total. The van der Waals surface area contributed by atoms with Gasteiger partial charge in [-0.3, -0.25) is 9.59 Å². The number of aliphatic carboxylic acids is 2. The fourth-order valence-electron chi connectivity index (χ4n) is 0.913. The van der Waals surface area contributed by atoms with Crippen molar-refractivity contribution >= 4 is 18.2 Å². The molecular weight excluding hydrogens is 188 g/mol. The van der Waals surface area contributed by atoms with Gasteiger partial charge in [0.25, 0.3) is 0 Å². The average Bonchev–Trinajstić information content (AvgIpc) is 2.11. The lowest BCUT2D eigenvalue weighted by atomic mass is 9.82. The first-order valence-electron chi connectivity index (χ1n) is 3.76. The molecule has 0 unspecified atom stereocenters. The first-order valence-corrected chi connectivity index (χ1v) is 3.76. The quantitative estimate of drug-likeness (QED) is 0.367. The van der Waals surface area contributed by atoms with Gasteiger partial charge in [0.1, 0.15) is 6.29 Å². The summed E-state index contributed by atoms with van der Waals surface area (Å²) in [5, 5.41) is 17.5. The van der Waals surface area contributed by atoms with Crippen LogP contribution in [0.25, 0.3) is 0 Å². The van der Waals surface area contributed by atoms with Gasteiger partial charge in [0.2, 0.25) is 0 Å². The van der Waals surface area contributed by atoms with Crippen molar-refractivity contribution in [1.29, 1.82) is 0 Å². The van der Waals surface area contributed by atoms with Gasteiger partial charge in [0, 0.05) is 12.8 Å². The maximum atomic E-state index is 10.8. The molecule has 14 heavy (non-hydrogen) atoms. The molecule has 0 rings (SSSR count). The Bertz CT molecular complexity index is 284. The topological polar surface area (TPSA) is 91.7 Å². The summed E-state index contributed by atoms with van der Waals surface area (Å²) in [4.78, 5) is 31.7. The van der Waals surface area contributed by atoms with Crippen LogP contribution in [0.1, 0.15) is 12.8 Å². The molecule has 0 fully saturated rings. The zero-order chi connectivity index (χ0) is 11.2. The second kappa shape index (κ2) is 4.99. The smallest absolute Gasteiger partial charge is 0.321 e. The van der Waals surface area contributed by atoms with Gasteiger partial charge in [-0.1, -0.05) is 6.58 Å². The Morgan fingerprint density at radius 1 is 1.29 bits per heavy atom. The number of carbonyl (C=O) groups is 3. The third kappa shape index (κ3) is 2.31. The zero-order valence-electron chi connectivity index (χ0n) is 7.40. The van der Waals surface area contributed by atoms with Gasteiger partial charge in [0.05, 0.1) is 0 Å². The maximum Gasteiger partial charge on any atom is 0.321 e. The van der Waals surface area contributed by atoms with Gasteiger partial charge >= 0.3 is 11.9 Å². The molecule has 0 saturated heterocycles. The molecule has 0 spiro atoms. The van der Waals surface area contributed by atoms with Crippen LogP contribution in [0.3, 0.4) is 0 Å². The lowest BCUT2D eigenvalue weighted by Gasteiger charge is -2.19. The summed E-state index contributed by atoms with van der Waals surface area (Å²) in [5.74, 6) is -3.08. The Labute approximate surface area is 80.4 Å². The summed E-state index contributed by atoms with van der Waals surface area (Å²) in [6, 6.07) is 0. The normalized spacial score (nSPS) is 10.0. The van der Waals surface area contributed by atoms with E-state index in [0.717, 1.165) is 0 Å². The number of carbonyl (C=O) groups excluding carboxylic acids is 1. The molecule has 0 aliphatic heterocycles. The van der Waals surface area contributed by atoms with E-state index in [1.54, 1.807) is 0 Å². The molecular formula is C9H10O5. The minimum atomic E-state index is -2.09. The zero-order valence-corrected chi connectivity index (χ0v) is 7.40. The van der Waals surface area contributed by atoms with Crippen molar-refractivity contribution in [3.63, 3.8) is 0 Å². The summed E-state index contributed by atoms with van der Waals surface area (Å²) in [7, 11) is 0. The van der Waals surface area contributed by atoms with Crippen molar-refractivity contribution in [2.24, 2.45) is 5.41 Å². The van der Waals surface area contributed by atoms with Crippen molar-refractivity contribution < 1.29 is 24.6 Å². The molecule has 0 radical (unpaired) electrons. The first kappa shape index (κ1) is 12.1. The van der Waals surface area contributed by atoms with Crippen LogP contribution in [0.15, 0.2) is 18.4 Å². The van der Waals surface area contributed by atoms with E-state index in [1.807, 2.05) is 0 Å². The SMILES string of the molecule is C=C=CCC(CC=O)(C(=O)O)C(=O)O. The first-order chi connectivity index (χ1) is 6.51. The molecule has 0 aliphatic rings. The molecule has 0 atom stereocenters. The van der Waals surface area contributed by atoms with E-state index >= 15 is 0 Å². The Balaban J connectivity index is 5.12. The van der Waals surface area contributed by atoms with Gasteiger partial charge < -0.3 is 15.0 Å². The minimum Gasteiger partial charge on any atom is -0.480 e. The minimum absolute atomic E-state index is 0.277. The molecule has 76 valence electrons. The van der Waals surface area contributed by atoms with Gasteiger partial charge in [-0.25, -0.2) is 0 Å². The fraction of sp³-hybridized carbons (Fsp3) is 0.333. The van der Waals surface area contributed by atoms with Crippen molar-refractivity contribution in [2.45, 2.75) is 12.8 Å². The third-order valence-corrected chi connectivity index (χ3v) is 1.85. The number of carboxylic acids is 2. The molecule has 2 N–H and O–H groups in total. The van der Waals surface area contributed by atoms with Crippen LogP contribution in [0, 0.1) is 5.41 Å². The molecule has 0 aromatic rings. The number of aldehydes is 1. The van der Waals surface area contributed by atoms with Gasteiger partial charge in [-0.05, 0) is 6.08 Å². The Morgan fingerprint density at radius 3 is 2.07 bits per heavy atom. The molecule has 0 amide bonds. The second-order valence-corrected chi connectivity index (χ2v) is 2.68. The maximum absolute atomic E-state index is 10.8. The van der Waals surface area contributed by atoms with E-state index in [2.05, 4.69) is 12.3 Å². The Morgan fingerprint density at radius 2 is 1.79 bits per heavy atom. The van der Waals surface area contributed by atoms with Crippen LogP contribution in [0.2, 0.25) is 0 Å². The molecule has 0 saturated carbocycles. The predicted octanol–water partition coefficient (Wildman–Crippen LogP) is 0.462. The van der Waals surface area contributed by atoms with Gasteiger partial charge in [0.15, 0.2) is 5.41 Å². The van der Waals surface area contributed by atoms with E-state index in [0.29, 0.717) is 0 Å². The standard InChI is InChI=1S/C9H10O5/c1-2-3-4-9(5-6-10,7(11)12)8(13)14/h3,6H,1,4-5H2,(H,11,12)(H,13,14). The van der Waals surface area contributed by atoms with Crippen LogP contribution in [0.5, 0.6) is 0 Å². The highest BCUT2D eigenvalue weighted by atomic mass is 16.4. The fourth-order valence-corrected chi connectivity index (χ4v) is 0.913. The number of hydrogen-bond donors (Lipinski definition) is 2. The van der Waals surface area contributed by atoms with Crippen LogP contribution in [0.4, 0.5) is 0 Å². The van der Waals surface area contributed by atoms with Crippen LogP contribution in [-0.4, -0.2) is 28.4 Å². The predicted molar refractivity (Wildman–Crippen MR) is 46.7 cm³/mol. The number of hydrogen-bond acceptors (Lipinski definition) is 3. The third-order valence-electron chi connectivity index (χ3n) is 1.85. The molecule has 0 aliphatic carbocycles. The van der Waals surface area contributed by atoms with E-state index in [-0.39, 0.29) is 12.7 Å². The van der Waals surface area contributed by atoms with E-state index in [4.69, 9.17) is 10.2 Å². The van der Waals surface area contributed by atoms with Gasteiger partial charge in [-0.15, -0.1) is 5.73 Å². The molecule has 0 bridgehead atoms. The summed E-state index contributed by atoms with van der Waals surface area (Å²) < 4.78 is 0. The number of rotatable bonds is 6. The van der Waals surface area contributed by atoms with Crippen LogP contribution in [-0.2, 0) is 14.4 Å².